The Bertz CT molecular complexity index is 878. The quantitative estimate of drug-likeness (QED) is 0.509. The highest BCUT2D eigenvalue weighted by molar-refractivity contribution is 5.73. The summed E-state index contributed by atoms with van der Waals surface area (Å²) in [5.74, 6) is -0.698. The number of hydroxylamine groups is 1. The first-order valence-electron chi connectivity index (χ1n) is 8.81. The normalized spacial score (nSPS) is 18.5. The minimum absolute atomic E-state index is 0.687. The van der Waals surface area contributed by atoms with Crippen LogP contribution in [0.3, 0.4) is 0 Å². The fourth-order valence-electron chi connectivity index (χ4n) is 3.14. The van der Waals surface area contributed by atoms with E-state index in [-0.39, 0.29) is 0 Å². The van der Waals surface area contributed by atoms with Crippen molar-refractivity contribution < 1.29 is 24.1 Å². The Morgan fingerprint density at radius 3 is 1.86 bits per heavy atom. The second kappa shape index (κ2) is 7.82. The van der Waals surface area contributed by atoms with Gasteiger partial charge in [0.2, 0.25) is 5.72 Å². The third kappa shape index (κ3) is 3.14. The summed E-state index contributed by atoms with van der Waals surface area (Å²) in [5, 5.41) is 1.54. The lowest BCUT2D eigenvalue weighted by molar-refractivity contribution is -0.465. The van der Waals surface area contributed by atoms with Crippen LogP contribution in [0, 0.1) is 0 Å². The molecule has 0 spiro atoms. The Kier molecular flexibility index (Phi) is 5.08. The van der Waals surface area contributed by atoms with Crippen LogP contribution in [0.1, 0.15) is 11.1 Å². The molecule has 6 nitrogen and oxygen atoms in total. The van der Waals surface area contributed by atoms with Gasteiger partial charge in [-0.1, -0.05) is 78.9 Å². The molecule has 0 amide bonds. The van der Waals surface area contributed by atoms with Crippen molar-refractivity contribution in [1.82, 2.24) is 0 Å². The van der Waals surface area contributed by atoms with Gasteiger partial charge in [-0.05, 0) is 12.1 Å². The molecule has 1 unspecified atom stereocenters. The number of benzene rings is 3. The van der Waals surface area contributed by atoms with Crippen LogP contribution in [-0.2, 0) is 29.9 Å². The van der Waals surface area contributed by atoms with Crippen molar-refractivity contribution in [2.24, 2.45) is 0 Å². The van der Waals surface area contributed by atoms with Gasteiger partial charge >= 0.3 is 12.3 Å². The van der Waals surface area contributed by atoms with Crippen LogP contribution in [0.25, 0.3) is 0 Å². The summed E-state index contributed by atoms with van der Waals surface area (Å²) in [6.45, 7) is 0. The van der Waals surface area contributed by atoms with Crippen molar-refractivity contribution in [3.05, 3.63) is 102 Å². The molecule has 0 radical (unpaired) electrons. The number of carbonyl (C=O) groups is 1. The largest absolute Gasteiger partial charge is 0.465 e. The molecule has 1 aliphatic heterocycles. The van der Waals surface area contributed by atoms with E-state index >= 15 is 0 Å². The number of anilines is 1. The number of hydrogen-bond donors (Lipinski definition) is 0. The first-order valence-corrected chi connectivity index (χ1v) is 8.81. The number of para-hydroxylation sites is 1. The van der Waals surface area contributed by atoms with Crippen LogP contribution in [0.15, 0.2) is 91.0 Å². The van der Waals surface area contributed by atoms with Crippen molar-refractivity contribution in [3.8, 4) is 0 Å². The summed E-state index contributed by atoms with van der Waals surface area (Å²) in [7, 11) is 1.26. The van der Waals surface area contributed by atoms with Crippen LogP contribution in [-0.4, -0.2) is 19.4 Å². The maximum absolute atomic E-state index is 12.0. The van der Waals surface area contributed by atoms with E-state index in [0.717, 1.165) is 11.1 Å². The molecule has 1 saturated heterocycles. The topological polar surface area (TPSA) is 57.2 Å². The SMILES string of the molecule is COC(=O)C1OOC(c2ccccc2)(c2ccccc2)N(c2ccccc2)O1. The number of nitrogens with zero attached hydrogens (tertiary/aromatic N) is 1. The average molecular weight is 377 g/mol. The van der Waals surface area contributed by atoms with E-state index in [9.17, 15) is 4.79 Å². The molecule has 0 saturated carbocycles. The van der Waals surface area contributed by atoms with Crippen LogP contribution in [0.2, 0.25) is 0 Å². The molecule has 1 heterocycles. The third-order valence-corrected chi connectivity index (χ3v) is 4.46. The molecule has 6 heteroatoms. The summed E-state index contributed by atoms with van der Waals surface area (Å²) >= 11 is 0. The van der Waals surface area contributed by atoms with E-state index in [1.807, 2.05) is 91.0 Å². The van der Waals surface area contributed by atoms with E-state index in [2.05, 4.69) is 0 Å². The van der Waals surface area contributed by atoms with Gasteiger partial charge in [0.05, 0.1) is 12.8 Å². The Labute approximate surface area is 162 Å². The van der Waals surface area contributed by atoms with Gasteiger partial charge in [0, 0.05) is 11.1 Å². The molecule has 142 valence electrons. The van der Waals surface area contributed by atoms with Gasteiger partial charge in [-0.2, -0.15) is 9.78 Å². The highest BCUT2D eigenvalue weighted by atomic mass is 17.3. The average Bonchev–Trinajstić information content (AvgIpc) is 2.80. The van der Waals surface area contributed by atoms with Gasteiger partial charge in [-0.25, -0.2) is 14.7 Å². The van der Waals surface area contributed by atoms with E-state index < -0.39 is 18.0 Å². The molecular formula is C22H19NO5. The molecule has 1 atom stereocenters. The van der Waals surface area contributed by atoms with Gasteiger partial charge in [-0.3, -0.25) is 0 Å². The molecule has 4 rings (SSSR count). The molecule has 0 aromatic heterocycles. The molecule has 0 bridgehead atoms. The van der Waals surface area contributed by atoms with Gasteiger partial charge < -0.3 is 4.74 Å². The van der Waals surface area contributed by atoms with Gasteiger partial charge in [0.1, 0.15) is 0 Å². The van der Waals surface area contributed by atoms with Gasteiger partial charge in [-0.15, -0.1) is 0 Å². The summed E-state index contributed by atoms with van der Waals surface area (Å²) in [6, 6.07) is 28.5. The number of ether oxygens (including phenoxy) is 1. The summed E-state index contributed by atoms with van der Waals surface area (Å²) in [5.41, 5.74) is 0.961. The highest BCUT2D eigenvalue weighted by Gasteiger charge is 2.51. The second-order valence-electron chi connectivity index (χ2n) is 6.15. The Morgan fingerprint density at radius 2 is 1.36 bits per heavy atom. The van der Waals surface area contributed by atoms with E-state index in [1.165, 1.54) is 7.11 Å². The number of carbonyl (C=O) groups excluding carboxylic acids is 1. The fraction of sp³-hybridized carbons (Fsp3) is 0.136. The molecule has 0 aliphatic carbocycles. The molecular weight excluding hydrogens is 358 g/mol. The second-order valence-corrected chi connectivity index (χ2v) is 6.15. The maximum atomic E-state index is 12.0. The van der Waals surface area contributed by atoms with Crippen molar-refractivity contribution >= 4 is 11.7 Å². The lowest BCUT2D eigenvalue weighted by Crippen LogP contribution is -2.57. The molecule has 1 aliphatic rings. The Balaban J connectivity index is 1.91. The predicted molar refractivity (Wildman–Crippen MR) is 102 cm³/mol. The van der Waals surface area contributed by atoms with Crippen molar-refractivity contribution in [2.45, 2.75) is 12.0 Å². The molecule has 3 aromatic carbocycles. The van der Waals surface area contributed by atoms with Gasteiger partial charge in [0.25, 0.3) is 0 Å². The van der Waals surface area contributed by atoms with Crippen molar-refractivity contribution in [2.75, 3.05) is 12.2 Å². The smallest absolute Gasteiger partial charge is 0.368 e. The molecule has 0 N–H and O–H groups in total. The highest BCUT2D eigenvalue weighted by Crippen LogP contribution is 2.43. The molecule has 3 aromatic rings. The lowest BCUT2D eigenvalue weighted by Gasteiger charge is -2.47. The standard InChI is InChI=1S/C22H19NO5/c1-25-20(24)21-26-23(19-15-9-4-10-16-19)22(28-27-21,17-11-5-2-6-12-17)18-13-7-3-8-14-18/h2-16,21H,1H3. The van der Waals surface area contributed by atoms with Crippen LogP contribution >= 0.6 is 0 Å². The lowest BCUT2D eigenvalue weighted by atomic mass is 9.93. The van der Waals surface area contributed by atoms with Crippen LogP contribution in [0.5, 0.6) is 0 Å². The van der Waals surface area contributed by atoms with Gasteiger partial charge in [0.15, 0.2) is 0 Å². The minimum Gasteiger partial charge on any atom is -0.465 e. The van der Waals surface area contributed by atoms with Crippen molar-refractivity contribution in [1.29, 1.82) is 0 Å². The van der Waals surface area contributed by atoms with E-state index in [0.29, 0.717) is 5.69 Å². The number of esters is 1. The monoisotopic (exact) mass is 377 g/mol. The zero-order valence-electron chi connectivity index (χ0n) is 15.2. The predicted octanol–water partition coefficient (Wildman–Crippen LogP) is 3.79. The minimum atomic E-state index is -1.36. The number of rotatable bonds is 4. The Morgan fingerprint density at radius 1 is 0.857 bits per heavy atom. The summed E-state index contributed by atoms with van der Waals surface area (Å²) in [4.78, 5) is 29.3. The summed E-state index contributed by atoms with van der Waals surface area (Å²) < 4.78 is 4.76. The maximum Gasteiger partial charge on any atom is 0.368 e. The van der Waals surface area contributed by atoms with E-state index in [4.69, 9.17) is 19.3 Å². The number of methoxy groups -OCH3 is 1. The fourth-order valence-corrected chi connectivity index (χ4v) is 3.14. The summed E-state index contributed by atoms with van der Waals surface area (Å²) in [6.07, 6.45) is -1.36. The van der Waals surface area contributed by atoms with Crippen LogP contribution in [0.4, 0.5) is 5.69 Å². The zero-order chi connectivity index (χ0) is 19.4. The third-order valence-electron chi connectivity index (χ3n) is 4.46. The zero-order valence-corrected chi connectivity index (χ0v) is 15.2. The number of hydrogen-bond acceptors (Lipinski definition) is 6. The van der Waals surface area contributed by atoms with Crippen LogP contribution < -0.4 is 5.06 Å². The first kappa shape index (κ1) is 18.2. The Hall–Kier alpha value is -3.19. The molecule has 1 fully saturated rings. The first-order chi connectivity index (χ1) is 13.8. The molecule has 28 heavy (non-hydrogen) atoms. The van der Waals surface area contributed by atoms with E-state index in [1.54, 1.807) is 5.06 Å². The van der Waals surface area contributed by atoms with Crippen molar-refractivity contribution in [3.63, 3.8) is 0 Å².